The van der Waals surface area contributed by atoms with Gasteiger partial charge in [-0.2, -0.15) is 0 Å². The number of carbonyl (C=O) groups excluding carboxylic acids is 1. The SMILES string of the molecule is CC(C)(C)c1ccc(C(=O)NCc2cccc(CN3CCCC3)c2)cc1. The van der Waals surface area contributed by atoms with Crippen LogP contribution in [0.15, 0.2) is 48.5 Å². The van der Waals surface area contributed by atoms with Crippen LogP contribution in [0.3, 0.4) is 0 Å². The lowest BCUT2D eigenvalue weighted by Crippen LogP contribution is -2.23. The van der Waals surface area contributed by atoms with E-state index in [1.807, 2.05) is 24.3 Å². The summed E-state index contributed by atoms with van der Waals surface area (Å²) < 4.78 is 0. The third-order valence-electron chi connectivity index (χ3n) is 5.06. The Balaban J connectivity index is 1.57. The second-order valence-electron chi connectivity index (χ2n) is 8.31. The Bertz CT molecular complexity index is 738. The lowest BCUT2D eigenvalue weighted by Gasteiger charge is -2.19. The van der Waals surface area contributed by atoms with E-state index < -0.39 is 0 Å². The highest BCUT2D eigenvalue weighted by atomic mass is 16.1. The van der Waals surface area contributed by atoms with Gasteiger partial charge in [0.1, 0.15) is 0 Å². The van der Waals surface area contributed by atoms with E-state index >= 15 is 0 Å². The van der Waals surface area contributed by atoms with Crippen LogP contribution in [-0.4, -0.2) is 23.9 Å². The summed E-state index contributed by atoms with van der Waals surface area (Å²) in [6.45, 7) is 10.5. The van der Waals surface area contributed by atoms with Gasteiger partial charge in [0.2, 0.25) is 0 Å². The Kier molecular flexibility index (Phi) is 5.77. The van der Waals surface area contributed by atoms with Crippen LogP contribution in [0.1, 0.15) is 60.7 Å². The molecule has 1 amide bonds. The number of nitrogens with zero attached hydrogens (tertiary/aromatic N) is 1. The van der Waals surface area contributed by atoms with Gasteiger partial charge in [-0.15, -0.1) is 0 Å². The molecule has 2 aromatic rings. The van der Waals surface area contributed by atoms with Crippen molar-refractivity contribution >= 4 is 5.91 Å². The molecule has 2 aromatic carbocycles. The molecule has 1 aliphatic rings. The van der Waals surface area contributed by atoms with Gasteiger partial charge < -0.3 is 5.32 Å². The number of hydrogen-bond donors (Lipinski definition) is 1. The molecular weight excluding hydrogens is 320 g/mol. The van der Waals surface area contributed by atoms with Gasteiger partial charge in [-0.25, -0.2) is 0 Å². The van der Waals surface area contributed by atoms with E-state index in [-0.39, 0.29) is 11.3 Å². The fourth-order valence-electron chi connectivity index (χ4n) is 3.44. The standard InChI is InChI=1S/C23H30N2O/c1-23(2,3)21-11-9-20(10-12-21)22(26)24-16-18-7-6-8-19(15-18)17-25-13-4-5-14-25/h6-12,15H,4-5,13-14,16-17H2,1-3H3,(H,24,26). The van der Waals surface area contributed by atoms with Crippen LogP contribution < -0.4 is 5.32 Å². The minimum Gasteiger partial charge on any atom is -0.348 e. The number of nitrogens with one attached hydrogen (secondary N) is 1. The van der Waals surface area contributed by atoms with Gasteiger partial charge in [-0.1, -0.05) is 57.2 Å². The highest BCUT2D eigenvalue weighted by molar-refractivity contribution is 5.94. The number of benzene rings is 2. The van der Waals surface area contributed by atoms with Crippen molar-refractivity contribution in [2.24, 2.45) is 0 Å². The molecule has 0 aliphatic carbocycles. The summed E-state index contributed by atoms with van der Waals surface area (Å²) in [6.07, 6.45) is 2.62. The summed E-state index contributed by atoms with van der Waals surface area (Å²) in [4.78, 5) is 14.9. The molecule has 3 nitrogen and oxygen atoms in total. The lowest BCUT2D eigenvalue weighted by atomic mass is 9.87. The molecule has 138 valence electrons. The van der Waals surface area contributed by atoms with Crippen molar-refractivity contribution < 1.29 is 4.79 Å². The first kappa shape index (κ1) is 18.7. The quantitative estimate of drug-likeness (QED) is 0.860. The first-order chi connectivity index (χ1) is 12.4. The zero-order valence-corrected chi connectivity index (χ0v) is 16.2. The van der Waals surface area contributed by atoms with Gasteiger partial charge in [0.15, 0.2) is 0 Å². The van der Waals surface area contributed by atoms with E-state index in [1.165, 1.54) is 37.1 Å². The zero-order chi connectivity index (χ0) is 18.6. The molecule has 0 unspecified atom stereocenters. The van der Waals surface area contributed by atoms with Crippen molar-refractivity contribution in [3.05, 3.63) is 70.8 Å². The van der Waals surface area contributed by atoms with Crippen molar-refractivity contribution in [1.29, 1.82) is 0 Å². The number of amides is 1. The second-order valence-corrected chi connectivity index (χ2v) is 8.31. The van der Waals surface area contributed by atoms with E-state index in [9.17, 15) is 4.79 Å². The van der Waals surface area contributed by atoms with Crippen molar-refractivity contribution in [3.8, 4) is 0 Å². The highest BCUT2D eigenvalue weighted by Crippen LogP contribution is 2.22. The number of hydrogen-bond acceptors (Lipinski definition) is 2. The third kappa shape index (κ3) is 4.95. The maximum Gasteiger partial charge on any atom is 0.251 e. The second kappa shape index (κ2) is 8.05. The summed E-state index contributed by atoms with van der Waals surface area (Å²) in [5, 5.41) is 3.04. The van der Waals surface area contributed by atoms with Crippen molar-refractivity contribution in [1.82, 2.24) is 10.2 Å². The summed E-state index contributed by atoms with van der Waals surface area (Å²) in [7, 11) is 0. The third-order valence-corrected chi connectivity index (χ3v) is 5.06. The Morgan fingerprint density at radius 3 is 2.31 bits per heavy atom. The van der Waals surface area contributed by atoms with Gasteiger partial charge in [-0.3, -0.25) is 9.69 Å². The Morgan fingerprint density at radius 2 is 1.65 bits per heavy atom. The van der Waals surface area contributed by atoms with Crippen LogP contribution in [0.4, 0.5) is 0 Å². The molecule has 0 saturated carbocycles. The first-order valence-electron chi connectivity index (χ1n) is 9.61. The average Bonchev–Trinajstić information content (AvgIpc) is 3.12. The molecule has 1 heterocycles. The van der Waals surface area contributed by atoms with E-state index in [1.54, 1.807) is 0 Å². The number of likely N-dealkylation sites (tertiary alicyclic amines) is 1. The van der Waals surface area contributed by atoms with Crippen LogP contribution in [0.5, 0.6) is 0 Å². The first-order valence-corrected chi connectivity index (χ1v) is 9.61. The molecule has 0 atom stereocenters. The molecule has 0 bridgehead atoms. The number of rotatable bonds is 5. The van der Waals surface area contributed by atoms with Crippen LogP contribution in [0.2, 0.25) is 0 Å². The van der Waals surface area contributed by atoms with Gasteiger partial charge >= 0.3 is 0 Å². The predicted octanol–water partition coefficient (Wildman–Crippen LogP) is 4.51. The van der Waals surface area contributed by atoms with Crippen LogP contribution >= 0.6 is 0 Å². The van der Waals surface area contributed by atoms with Crippen molar-refractivity contribution in [2.75, 3.05) is 13.1 Å². The molecule has 26 heavy (non-hydrogen) atoms. The van der Waals surface area contributed by atoms with Crippen molar-refractivity contribution in [2.45, 2.75) is 52.1 Å². The molecule has 1 N–H and O–H groups in total. The Hall–Kier alpha value is -2.13. The zero-order valence-electron chi connectivity index (χ0n) is 16.2. The van der Waals surface area contributed by atoms with E-state index in [2.05, 4.69) is 55.3 Å². The minimum atomic E-state index is -0.0181. The molecule has 1 saturated heterocycles. The maximum absolute atomic E-state index is 12.4. The predicted molar refractivity (Wildman–Crippen MR) is 107 cm³/mol. The summed E-state index contributed by atoms with van der Waals surface area (Å²) in [5.74, 6) is -0.0181. The Labute approximate surface area is 157 Å². The molecule has 1 fully saturated rings. The average molecular weight is 351 g/mol. The van der Waals surface area contributed by atoms with Crippen LogP contribution in [0.25, 0.3) is 0 Å². The largest absolute Gasteiger partial charge is 0.348 e. The van der Waals surface area contributed by atoms with Gasteiger partial charge in [-0.05, 0) is 60.2 Å². The monoisotopic (exact) mass is 350 g/mol. The van der Waals surface area contributed by atoms with E-state index in [4.69, 9.17) is 0 Å². The maximum atomic E-state index is 12.4. The summed E-state index contributed by atoms with van der Waals surface area (Å²) >= 11 is 0. The van der Waals surface area contributed by atoms with Gasteiger partial charge in [0.25, 0.3) is 5.91 Å². The van der Waals surface area contributed by atoms with Gasteiger partial charge in [0.05, 0.1) is 0 Å². The molecule has 3 heteroatoms. The topological polar surface area (TPSA) is 32.3 Å². The van der Waals surface area contributed by atoms with E-state index in [0.717, 1.165) is 12.1 Å². The van der Waals surface area contributed by atoms with Crippen LogP contribution in [-0.2, 0) is 18.5 Å². The minimum absolute atomic E-state index is 0.0181. The normalized spacial score (nSPS) is 15.2. The smallest absolute Gasteiger partial charge is 0.251 e. The fraction of sp³-hybridized carbons (Fsp3) is 0.435. The highest BCUT2D eigenvalue weighted by Gasteiger charge is 2.14. The molecule has 3 rings (SSSR count). The fourth-order valence-corrected chi connectivity index (χ4v) is 3.44. The molecule has 0 radical (unpaired) electrons. The molecular formula is C23H30N2O. The van der Waals surface area contributed by atoms with Crippen LogP contribution in [0, 0.1) is 0 Å². The number of carbonyl (C=O) groups is 1. The molecule has 1 aliphatic heterocycles. The van der Waals surface area contributed by atoms with Crippen molar-refractivity contribution in [3.63, 3.8) is 0 Å². The van der Waals surface area contributed by atoms with Gasteiger partial charge in [0, 0.05) is 18.7 Å². The lowest BCUT2D eigenvalue weighted by molar-refractivity contribution is 0.0951. The molecule has 0 spiro atoms. The van der Waals surface area contributed by atoms with E-state index in [0.29, 0.717) is 12.1 Å². The summed E-state index contributed by atoms with van der Waals surface area (Å²) in [6, 6.07) is 16.5. The summed E-state index contributed by atoms with van der Waals surface area (Å²) in [5.41, 5.74) is 4.54. The molecule has 0 aromatic heterocycles. The Morgan fingerprint density at radius 1 is 1.00 bits per heavy atom.